The van der Waals surface area contributed by atoms with E-state index in [1.165, 1.54) is 6.92 Å². The van der Waals surface area contributed by atoms with Gasteiger partial charge in [-0.3, -0.25) is 9.59 Å². The molecule has 106 valence electrons. The number of aromatic nitrogens is 1. The van der Waals surface area contributed by atoms with E-state index in [1.807, 2.05) is 13.8 Å². The van der Waals surface area contributed by atoms with Gasteiger partial charge in [-0.05, 0) is 38.7 Å². The Balaban J connectivity index is 2.75. The Morgan fingerprint density at radius 3 is 2.21 bits per heavy atom. The summed E-state index contributed by atoms with van der Waals surface area (Å²) in [4.78, 5) is 26.2. The van der Waals surface area contributed by atoms with Crippen molar-refractivity contribution in [1.82, 2.24) is 10.3 Å². The molecule has 0 saturated carbocycles. The number of rotatable bonds is 4. The van der Waals surface area contributed by atoms with Crippen molar-refractivity contribution >= 4 is 11.7 Å². The van der Waals surface area contributed by atoms with Crippen molar-refractivity contribution in [2.75, 3.05) is 0 Å². The number of H-pyrrole nitrogens is 1. The standard InChI is InChI=1S/C15H24N2O2/c1-10(18)11-7-12(16-8-11)13(19)17-15(5,6)9-14(2,3)4/h7-8,16H,9H2,1-6H3,(H,17,19). The second kappa shape index (κ2) is 5.19. The molecule has 19 heavy (non-hydrogen) atoms. The van der Waals surface area contributed by atoms with Gasteiger partial charge >= 0.3 is 0 Å². The van der Waals surface area contributed by atoms with Crippen LogP contribution >= 0.6 is 0 Å². The molecule has 2 N–H and O–H groups in total. The van der Waals surface area contributed by atoms with E-state index in [0.717, 1.165) is 6.42 Å². The summed E-state index contributed by atoms with van der Waals surface area (Å²) in [6, 6.07) is 1.59. The van der Waals surface area contributed by atoms with Crippen molar-refractivity contribution < 1.29 is 9.59 Å². The van der Waals surface area contributed by atoms with E-state index in [1.54, 1.807) is 12.3 Å². The Hall–Kier alpha value is -1.58. The van der Waals surface area contributed by atoms with Crippen LogP contribution in [0.2, 0.25) is 0 Å². The van der Waals surface area contributed by atoms with Gasteiger partial charge in [0, 0.05) is 17.3 Å². The topological polar surface area (TPSA) is 62.0 Å². The number of aromatic amines is 1. The number of nitrogens with one attached hydrogen (secondary N) is 2. The van der Waals surface area contributed by atoms with E-state index in [2.05, 4.69) is 31.1 Å². The normalized spacial score (nSPS) is 12.3. The molecule has 0 spiro atoms. The molecule has 1 aromatic rings. The zero-order chi connectivity index (χ0) is 14.8. The van der Waals surface area contributed by atoms with Crippen molar-refractivity contribution in [2.24, 2.45) is 5.41 Å². The highest BCUT2D eigenvalue weighted by atomic mass is 16.2. The van der Waals surface area contributed by atoms with Gasteiger partial charge in [0.25, 0.3) is 5.91 Å². The first-order chi connectivity index (χ1) is 8.50. The van der Waals surface area contributed by atoms with Crippen LogP contribution in [0.3, 0.4) is 0 Å². The Labute approximate surface area is 115 Å². The summed E-state index contributed by atoms with van der Waals surface area (Å²) < 4.78 is 0. The Morgan fingerprint density at radius 1 is 1.21 bits per heavy atom. The molecule has 1 aromatic heterocycles. The average Bonchev–Trinajstić information content (AvgIpc) is 2.60. The lowest BCUT2D eigenvalue weighted by Gasteiger charge is -2.33. The van der Waals surface area contributed by atoms with E-state index in [0.29, 0.717) is 11.3 Å². The van der Waals surface area contributed by atoms with Crippen molar-refractivity contribution in [3.63, 3.8) is 0 Å². The Kier molecular flexibility index (Phi) is 4.23. The Morgan fingerprint density at radius 2 is 1.79 bits per heavy atom. The van der Waals surface area contributed by atoms with Crippen molar-refractivity contribution in [1.29, 1.82) is 0 Å². The van der Waals surface area contributed by atoms with Crippen LogP contribution in [0, 0.1) is 5.41 Å². The molecular formula is C15H24N2O2. The van der Waals surface area contributed by atoms with Crippen LogP contribution in [-0.2, 0) is 0 Å². The van der Waals surface area contributed by atoms with E-state index < -0.39 is 0 Å². The molecular weight excluding hydrogens is 240 g/mol. The average molecular weight is 264 g/mol. The third-order valence-electron chi connectivity index (χ3n) is 2.76. The molecule has 4 nitrogen and oxygen atoms in total. The molecule has 0 atom stereocenters. The number of Topliss-reactive ketones (excluding diaryl/α,β-unsaturated/α-hetero) is 1. The van der Waals surface area contributed by atoms with Crippen LogP contribution in [0.15, 0.2) is 12.3 Å². The highest BCUT2D eigenvalue weighted by molar-refractivity contribution is 5.99. The zero-order valence-corrected chi connectivity index (χ0v) is 12.7. The van der Waals surface area contributed by atoms with Gasteiger partial charge in [-0.25, -0.2) is 0 Å². The molecule has 0 aliphatic rings. The molecule has 0 aliphatic heterocycles. The van der Waals surface area contributed by atoms with Crippen molar-refractivity contribution in [3.8, 4) is 0 Å². The minimum absolute atomic E-state index is 0.0516. The maximum absolute atomic E-state index is 12.1. The highest BCUT2D eigenvalue weighted by Gasteiger charge is 2.27. The fraction of sp³-hybridized carbons (Fsp3) is 0.600. The third-order valence-corrected chi connectivity index (χ3v) is 2.76. The van der Waals surface area contributed by atoms with E-state index in [9.17, 15) is 9.59 Å². The molecule has 0 aromatic carbocycles. The first kappa shape index (κ1) is 15.5. The summed E-state index contributed by atoms with van der Waals surface area (Å²) in [5.41, 5.74) is 0.791. The summed E-state index contributed by atoms with van der Waals surface area (Å²) in [5.74, 6) is -0.231. The molecule has 0 saturated heterocycles. The smallest absolute Gasteiger partial charge is 0.268 e. The van der Waals surface area contributed by atoms with E-state index >= 15 is 0 Å². The van der Waals surface area contributed by atoms with Gasteiger partial charge in [0.1, 0.15) is 5.69 Å². The number of carbonyl (C=O) groups excluding carboxylic acids is 2. The maximum Gasteiger partial charge on any atom is 0.268 e. The van der Waals surface area contributed by atoms with Crippen molar-refractivity contribution in [2.45, 2.75) is 53.5 Å². The summed E-state index contributed by atoms with van der Waals surface area (Å²) in [5, 5.41) is 3.00. The SMILES string of the molecule is CC(=O)c1c[nH]c(C(=O)NC(C)(C)CC(C)(C)C)c1. The van der Waals surface area contributed by atoms with Crippen LogP contribution in [0.25, 0.3) is 0 Å². The lowest BCUT2D eigenvalue weighted by molar-refractivity contribution is 0.0886. The number of ketones is 1. The number of carbonyl (C=O) groups is 2. The summed E-state index contributed by atoms with van der Waals surface area (Å²) in [7, 11) is 0. The summed E-state index contributed by atoms with van der Waals surface area (Å²) >= 11 is 0. The van der Waals surface area contributed by atoms with Gasteiger partial charge in [-0.2, -0.15) is 0 Å². The van der Waals surface area contributed by atoms with Crippen LogP contribution in [0.4, 0.5) is 0 Å². The van der Waals surface area contributed by atoms with Crippen LogP contribution < -0.4 is 5.32 Å². The number of amides is 1. The van der Waals surface area contributed by atoms with Gasteiger partial charge in [-0.15, -0.1) is 0 Å². The van der Waals surface area contributed by atoms with Gasteiger partial charge in [0.05, 0.1) is 0 Å². The lowest BCUT2D eigenvalue weighted by Crippen LogP contribution is -2.45. The zero-order valence-electron chi connectivity index (χ0n) is 12.7. The molecule has 1 rings (SSSR count). The van der Waals surface area contributed by atoms with Gasteiger partial charge < -0.3 is 10.3 Å². The predicted molar refractivity (Wildman–Crippen MR) is 76.4 cm³/mol. The second-order valence-corrected chi connectivity index (χ2v) is 6.93. The second-order valence-electron chi connectivity index (χ2n) is 6.93. The summed E-state index contributed by atoms with van der Waals surface area (Å²) in [6.45, 7) is 11.9. The molecule has 0 bridgehead atoms. The predicted octanol–water partition coefficient (Wildman–Crippen LogP) is 3.16. The van der Waals surface area contributed by atoms with Crippen LogP contribution in [0.5, 0.6) is 0 Å². The summed E-state index contributed by atoms with van der Waals surface area (Å²) in [6.07, 6.45) is 2.43. The van der Waals surface area contributed by atoms with E-state index in [-0.39, 0.29) is 22.6 Å². The molecule has 0 radical (unpaired) electrons. The minimum atomic E-state index is -0.295. The lowest BCUT2D eigenvalue weighted by atomic mass is 9.82. The minimum Gasteiger partial charge on any atom is -0.356 e. The quantitative estimate of drug-likeness (QED) is 0.820. The third kappa shape index (κ3) is 4.89. The molecule has 0 unspecified atom stereocenters. The van der Waals surface area contributed by atoms with Gasteiger partial charge in [0.15, 0.2) is 5.78 Å². The van der Waals surface area contributed by atoms with Crippen LogP contribution in [-0.4, -0.2) is 22.2 Å². The van der Waals surface area contributed by atoms with E-state index in [4.69, 9.17) is 0 Å². The fourth-order valence-electron chi connectivity index (χ4n) is 2.47. The molecule has 1 amide bonds. The number of hydrogen-bond donors (Lipinski definition) is 2. The van der Waals surface area contributed by atoms with Crippen LogP contribution in [0.1, 0.15) is 68.8 Å². The van der Waals surface area contributed by atoms with Crippen molar-refractivity contribution in [3.05, 3.63) is 23.5 Å². The molecule has 1 heterocycles. The Bertz CT molecular complexity index is 479. The molecule has 4 heteroatoms. The first-order valence-corrected chi connectivity index (χ1v) is 6.52. The molecule has 0 fully saturated rings. The largest absolute Gasteiger partial charge is 0.356 e. The monoisotopic (exact) mass is 264 g/mol. The maximum atomic E-state index is 12.1. The van der Waals surface area contributed by atoms with Gasteiger partial charge in [0.2, 0.25) is 0 Å². The fourth-order valence-corrected chi connectivity index (χ4v) is 2.47. The highest BCUT2D eigenvalue weighted by Crippen LogP contribution is 2.27. The van der Waals surface area contributed by atoms with Gasteiger partial charge in [-0.1, -0.05) is 20.8 Å². The number of hydrogen-bond acceptors (Lipinski definition) is 2. The molecule has 0 aliphatic carbocycles. The first-order valence-electron chi connectivity index (χ1n) is 6.52.